The molecule has 0 unspecified atom stereocenters. The minimum Gasteiger partial charge on any atom is 2.00 e. The van der Waals surface area contributed by atoms with Crippen molar-refractivity contribution >= 4 is 14.5 Å². The Hall–Kier alpha value is 1.28. The fourth-order valence-electron chi connectivity index (χ4n) is 0. The fourth-order valence-corrected chi connectivity index (χ4v) is 0. The number of hydrogen-bond donors (Lipinski definition) is 0. The van der Waals surface area contributed by atoms with Crippen LogP contribution in [0.3, 0.4) is 0 Å². The summed E-state index contributed by atoms with van der Waals surface area (Å²) in [6.07, 6.45) is 0. The van der Waals surface area contributed by atoms with E-state index in [2.05, 4.69) is 0 Å². The molecule has 0 bridgehead atoms. The van der Waals surface area contributed by atoms with Crippen LogP contribution in [0.4, 0.5) is 0 Å². The molecule has 2 radical (unpaired) electrons. The van der Waals surface area contributed by atoms with Gasteiger partial charge >= 0.3 is 64.7 Å². The van der Waals surface area contributed by atoms with E-state index < -0.39 is 14.5 Å². The zero-order valence-electron chi connectivity index (χ0n) is 2.68. The number of rotatable bonds is 0. The van der Waals surface area contributed by atoms with E-state index in [-0.39, 0.29) is 34.1 Å². The largest absolute Gasteiger partial charge is 2.00 e. The maximum atomic E-state index is 8.61. The molecule has 0 saturated carbocycles. The van der Waals surface area contributed by atoms with Crippen molar-refractivity contribution in [3.8, 4) is 0 Å². The quantitative estimate of drug-likeness (QED) is 0.417. The molecule has 0 aliphatic carbocycles. The van der Waals surface area contributed by atoms with Gasteiger partial charge in [-0.3, -0.25) is 0 Å². The summed E-state index contributed by atoms with van der Waals surface area (Å²) < 4.78 is 34.4. The van der Waals surface area contributed by atoms with Crippen LogP contribution >= 0.6 is 0 Å². The van der Waals surface area contributed by atoms with Gasteiger partial charge in [0.15, 0.2) is 0 Å². The van der Waals surface area contributed by atoms with Crippen LogP contribution in [-0.4, -0.2) is 14.5 Å². The van der Waals surface area contributed by atoms with Crippen molar-refractivity contribution in [2.75, 3.05) is 0 Å². The van der Waals surface area contributed by atoms with Crippen LogP contribution in [-0.2, 0) is 37.9 Å². The van der Waals surface area contributed by atoms with Crippen LogP contribution in [0.15, 0.2) is 0 Å². The molecule has 4 nitrogen and oxygen atoms in total. The first-order valence-electron chi connectivity index (χ1n) is 0.730. The molecule has 0 heterocycles. The summed E-state index contributed by atoms with van der Waals surface area (Å²) >= 11 is -5.88. The van der Waals surface area contributed by atoms with E-state index in [4.69, 9.17) is 16.0 Å². The van der Waals surface area contributed by atoms with E-state index >= 15 is 0 Å². The maximum absolute atomic E-state index is 8.61. The van der Waals surface area contributed by atoms with Crippen LogP contribution in [0.2, 0.25) is 0 Å². The Labute approximate surface area is 64.6 Å². The normalized spacial score (nSPS) is 8.43. The third-order valence-corrected chi connectivity index (χ3v) is 0. The topological polar surface area (TPSA) is 86.2 Å². The first-order valence-corrected chi connectivity index (χ1v) is 3.79. The van der Waals surface area contributed by atoms with E-state index in [0.29, 0.717) is 0 Å². The molecular weight excluding hydrogens is 266 g/mol. The molecule has 0 amide bonds. The molecule has 0 aliphatic rings. The molecule has 7 heavy (non-hydrogen) atoms. The first kappa shape index (κ1) is 15.7. The van der Waals surface area contributed by atoms with Crippen LogP contribution in [0.25, 0.3) is 0 Å². The Morgan fingerprint density at radius 2 is 1.00 bits per heavy atom. The summed E-state index contributed by atoms with van der Waals surface area (Å²) in [5.41, 5.74) is 0. The second-order valence-electron chi connectivity index (χ2n) is 0.447. The third-order valence-electron chi connectivity index (χ3n) is 0. The summed E-state index contributed by atoms with van der Waals surface area (Å²) in [5.74, 6) is 0. The fraction of sp³-hybridized carbons (Fsp3) is 0. The molecule has 0 atom stereocenters. The van der Waals surface area contributed by atoms with Gasteiger partial charge in [-0.2, -0.15) is 0 Å². The van der Waals surface area contributed by atoms with Gasteiger partial charge in [0.2, 0.25) is 0 Å². The van der Waals surface area contributed by atoms with Crippen molar-refractivity contribution in [3.63, 3.8) is 0 Å². The van der Waals surface area contributed by atoms with Crippen molar-refractivity contribution in [3.05, 3.63) is 0 Å². The van der Waals surface area contributed by atoms with Gasteiger partial charge in [0.25, 0.3) is 0 Å². The van der Waals surface area contributed by atoms with Gasteiger partial charge in [0.05, 0.1) is 0 Å². The molecule has 0 aromatic rings. The zero-order valence-corrected chi connectivity index (χ0v) is 6.44. The molecule has 0 aromatic heterocycles. The van der Waals surface area contributed by atoms with E-state index in [0.717, 1.165) is 0 Å². The zero-order chi connectivity index (χ0) is 4.50. The predicted molar refractivity (Wildman–Crippen MR) is 6.44 cm³/mol. The SMILES string of the molecule is O=[As]([O-])([O-])[O-].[Cu+2].[Cu+2]. The van der Waals surface area contributed by atoms with Crippen molar-refractivity contribution in [1.29, 1.82) is 0 Å². The minimum absolute atomic E-state index is 0. The van der Waals surface area contributed by atoms with Gasteiger partial charge in [-0.05, 0) is 0 Å². The Bertz CT molecular complexity index is 55.8. The molecule has 0 fully saturated rings. The second kappa shape index (κ2) is 5.41. The van der Waals surface area contributed by atoms with Gasteiger partial charge in [0, 0.05) is 0 Å². The predicted octanol–water partition coefficient (Wildman–Crippen LogP) is -4.07. The van der Waals surface area contributed by atoms with Crippen molar-refractivity contribution in [2.24, 2.45) is 0 Å². The summed E-state index contributed by atoms with van der Waals surface area (Å²) in [7, 11) is 0. The minimum atomic E-state index is -5.88. The summed E-state index contributed by atoms with van der Waals surface area (Å²) in [6, 6.07) is 0. The summed E-state index contributed by atoms with van der Waals surface area (Å²) in [4.78, 5) is 0. The van der Waals surface area contributed by atoms with Crippen LogP contribution in [0, 0.1) is 0 Å². The monoisotopic (exact) mass is 265 g/mol. The van der Waals surface area contributed by atoms with E-state index in [9.17, 15) is 0 Å². The van der Waals surface area contributed by atoms with Crippen molar-refractivity contribution < 1.29 is 50.2 Å². The molecule has 0 aliphatic heterocycles. The average molecular weight is 266 g/mol. The van der Waals surface area contributed by atoms with Gasteiger partial charge in [-0.1, -0.05) is 0 Å². The number of hydrogen-bond acceptors (Lipinski definition) is 4. The molecule has 7 heteroatoms. The Balaban J connectivity index is -0.0000000800. The summed E-state index contributed by atoms with van der Waals surface area (Å²) in [6.45, 7) is 0. The average Bonchev–Trinajstić information content (AvgIpc) is 0.722. The van der Waals surface area contributed by atoms with E-state index in [1.165, 1.54) is 0 Å². The Morgan fingerprint density at radius 1 is 1.00 bits per heavy atom. The molecule has 50 valence electrons. The van der Waals surface area contributed by atoms with Gasteiger partial charge in [-0.25, -0.2) is 0 Å². The van der Waals surface area contributed by atoms with E-state index in [1.54, 1.807) is 0 Å². The third kappa shape index (κ3) is 124. The standard InChI is InChI=1S/AsH3O4.2Cu/c2-1(3,4)5;;/h(H3,2,3,4,5);;/q;2*+2/p-3. The first-order chi connectivity index (χ1) is 2.00. The van der Waals surface area contributed by atoms with Crippen molar-refractivity contribution in [2.45, 2.75) is 0 Å². The molecule has 0 N–H and O–H groups in total. The Kier molecular flexibility index (Phi) is 12.2. The molecule has 0 aromatic carbocycles. The maximum Gasteiger partial charge on any atom is 2.00 e. The van der Waals surface area contributed by atoms with Gasteiger partial charge in [0.1, 0.15) is 0 Å². The molecule has 0 rings (SSSR count). The molecule has 0 spiro atoms. The summed E-state index contributed by atoms with van der Waals surface area (Å²) in [5, 5.41) is 0. The van der Waals surface area contributed by atoms with Crippen LogP contribution < -0.4 is 12.3 Å². The molecule has 0 saturated heterocycles. The second-order valence-corrected chi connectivity index (χ2v) is 2.32. The van der Waals surface area contributed by atoms with E-state index in [1.807, 2.05) is 0 Å². The van der Waals surface area contributed by atoms with Gasteiger partial charge < -0.3 is 0 Å². The van der Waals surface area contributed by atoms with Gasteiger partial charge in [-0.15, -0.1) is 0 Å². The Morgan fingerprint density at radius 3 is 1.00 bits per heavy atom. The smallest absolute Gasteiger partial charge is 2.00 e. The van der Waals surface area contributed by atoms with Crippen LogP contribution in [0.5, 0.6) is 0 Å². The molecular formula is AsCu2O4+. The van der Waals surface area contributed by atoms with Crippen LogP contribution in [0.1, 0.15) is 0 Å². The van der Waals surface area contributed by atoms with Crippen molar-refractivity contribution in [1.82, 2.24) is 0 Å².